The highest BCUT2D eigenvalue weighted by atomic mass is 16.1. The maximum absolute atomic E-state index is 10.5. The van der Waals surface area contributed by atoms with Gasteiger partial charge in [0.2, 0.25) is 0 Å². The van der Waals surface area contributed by atoms with Crippen LogP contribution in [0, 0.1) is 0 Å². The third-order valence-electron chi connectivity index (χ3n) is 1.04. The van der Waals surface area contributed by atoms with Crippen LogP contribution in [0.15, 0.2) is 11.5 Å². The number of carbonyl (C=O) groups is 1. The summed E-state index contributed by atoms with van der Waals surface area (Å²) in [6.45, 7) is 0. The van der Waals surface area contributed by atoms with Gasteiger partial charge >= 0.3 is 0 Å². The van der Waals surface area contributed by atoms with Gasteiger partial charge in [-0.3, -0.25) is 4.79 Å². The zero-order valence-electron chi connectivity index (χ0n) is 6.06. The number of nitrogens with one attached hydrogen (secondary N) is 2. The van der Waals surface area contributed by atoms with Crippen LogP contribution in [-0.4, -0.2) is 20.0 Å². The lowest BCUT2D eigenvalue weighted by atomic mass is 10.4. The zero-order valence-corrected chi connectivity index (χ0v) is 6.06. The first-order valence-corrected chi connectivity index (χ1v) is 2.78. The molecule has 0 saturated carbocycles. The first kappa shape index (κ1) is 8.61. The van der Waals surface area contributed by atoms with Gasteiger partial charge in [0.15, 0.2) is 0 Å². The summed E-state index contributed by atoms with van der Waals surface area (Å²) in [6.07, 6.45) is 0. The molecule has 0 rings (SSSR count). The molecule has 0 spiro atoms. The maximum atomic E-state index is 10.5. The van der Waals surface area contributed by atoms with Crippen LogP contribution in [0.4, 0.5) is 0 Å². The fourth-order valence-electron chi connectivity index (χ4n) is 0.516. The first-order valence-electron chi connectivity index (χ1n) is 2.78. The van der Waals surface area contributed by atoms with E-state index in [2.05, 4.69) is 10.6 Å². The van der Waals surface area contributed by atoms with Crippen LogP contribution in [0.1, 0.15) is 0 Å². The molecule has 0 aromatic rings. The first-order chi connectivity index (χ1) is 4.63. The van der Waals surface area contributed by atoms with Crippen LogP contribution in [0.3, 0.4) is 0 Å². The Balaban J connectivity index is 4.45. The van der Waals surface area contributed by atoms with Crippen LogP contribution >= 0.6 is 0 Å². The lowest BCUT2D eigenvalue weighted by Crippen LogP contribution is -2.31. The summed E-state index contributed by atoms with van der Waals surface area (Å²) in [5.74, 6) is -0.329. The lowest BCUT2D eigenvalue weighted by molar-refractivity contribution is -0.114. The Kier molecular flexibility index (Phi) is 3.10. The standard InChI is InChI=1S/C5H12N4O/c1-8-3(5(7)10)4(6)9-2/h8-9H,6H2,1-2H3,(H2,7,10)/b4-3+. The Morgan fingerprint density at radius 1 is 1.20 bits per heavy atom. The minimum absolute atomic E-state index is 0.197. The van der Waals surface area contributed by atoms with Crippen molar-refractivity contribution >= 4 is 5.91 Å². The van der Waals surface area contributed by atoms with Crippen molar-refractivity contribution in [3.8, 4) is 0 Å². The summed E-state index contributed by atoms with van der Waals surface area (Å²) in [5, 5.41) is 5.16. The van der Waals surface area contributed by atoms with Crippen molar-refractivity contribution in [2.75, 3.05) is 14.1 Å². The van der Waals surface area contributed by atoms with E-state index in [1.807, 2.05) is 0 Å². The summed E-state index contributed by atoms with van der Waals surface area (Å²) in [6, 6.07) is 0. The summed E-state index contributed by atoms with van der Waals surface area (Å²) >= 11 is 0. The number of rotatable bonds is 3. The van der Waals surface area contributed by atoms with Crippen molar-refractivity contribution in [1.29, 1.82) is 0 Å². The third-order valence-corrected chi connectivity index (χ3v) is 1.04. The average Bonchev–Trinajstić information content (AvgIpc) is 1.88. The molecule has 0 aliphatic carbocycles. The molecular weight excluding hydrogens is 132 g/mol. The topological polar surface area (TPSA) is 93.2 Å². The van der Waals surface area contributed by atoms with Crippen molar-refractivity contribution < 1.29 is 4.79 Å². The Labute approximate surface area is 59.5 Å². The van der Waals surface area contributed by atoms with E-state index in [4.69, 9.17) is 11.5 Å². The van der Waals surface area contributed by atoms with Gasteiger partial charge in [0.1, 0.15) is 11.5 Å². The van der Waals surface area contributed by atoms with Gasteiger partial charge in [-0.2, -0.15) is 0 Å². The van der Waals surface area contributed by atoms with Gasteiger partial charge in [-0.05, 0) is 0 Å². The normalized spacial score (nSPS) is 11.8. The van der Waals surface area contributed by atoms with Crippen LogP contribution in [0.25, 0.3) is 0 Å². The minimum Gasteiger partial charge on any atom is -0.384 e. The molecule has 0 heterocycles. The highest BCUT2D eigenvalue weighted by Crippen LogP contribution is 1.86. The number of nitrogens with two attached hydrogens (primary N) is 2. The molecule has 6 N–H and O–H groups in total. The molecule has 0 aromatic carbocycles. The van der Waals surface area contributed by atoms with Crippen molar-refractivity contribution in [1.82, 2.24) is 10.6 Å². The van der Waals surface area contributed by atoms with Gasteiger partial charge in [0.25, 0.3) is 5.91 Å². The maximum Gasteiger partial charge on any atom is 0.268 e. The molecule has 5 heteroatoms. The predicted molar refractivity (Wildman–Crippen MR) is 38.5 cm³/mol. The minimum atomic E-state index is -0.575. The second-order valence-electron chi connectivity index (χ2n) is 1.65. The van der Waals surface area contributed by atoms with Gasteiger partial charge in [-0.25, -0.2) is 0 Å². The molecule has 1 amide bonds. The third kappa shape index (κ3) is 1.85. The van der Waals surface area contributed by atoms with Gasteiger partial charge in [0.05, 0.1) is 0 Å². The smallest absolute Gasteiger partial charge is 0.268 e. The Morgan fingerprint density at radius 2 is 1.70 bits per heavy atom. The number of primary amides is 1. The summed E-state index contributed by atoms with van der Waals surface area (Å²) in [5.41, 5.74) is 10.5. The molecule has 0 aliphatic rings. The molecule has 0 aromatic heterocycles. The number of hydrogen-bond donors (Lipinski definition) is 4. The molecule has 5 nitrogen and oxygen atoms in total. The predicted octanol–water partition coefficient (Wildman–Crippen LogP) is -1.96. The Morgan fingerprint density at radius 3 is 1.80 bits per heavy atom. The molecule has 0 atom stereocenters. The summed E-state index contributed by atoms with van der Waals surface area (Å²) in [4.78, 5) is 10.5. The molecule has 0 fully saturated rings. The highest BCUT2D eigenvalue weighted by Gasteiger charge is 2.05. The SMILES string of the molecule is CN/C(N)=C(/NC)C(N)=O. The molecule has 0 radical (unpaired) electrons. The average molecular weight is 144 g/mol. The van der Waals surface area contributed by atoms with E-state index < -0.39 is 5.91 Å². The molecule has 0 unspecified atom stereocenters. The van der Waals surface area contributed by atoms with Crippen molar-refractivity contribution in [3.05, 3.63) is 11.5 Å². The highest BCUT2D eigenvalue weighted by molar-refractivity contribution is 5.91. The van der Waals surface area contributed by atoms with Gasteiger partial charge in [-0.1, -0.05) is 0 Å². The molecule has 0 bridgehead atoms. The van der Waals surface area contributed by atoms with E-state index in [0.29, 0.717) is 0 Å². The van der Waals surface area contributed by atoms with E-state index in [1.54, 1.807) is 14.1 Å². The van der Waals surface area contributed by atoms with E-state index in [1.165, 1.54) is 0 Å². The number of amides is 1. The Hall–Kier alpha value is -1.39. The Bertz CT molecular complexity index is 163. The van der Waals surface area contributed by atoms with Crippen molar-refractivity contribution in [2.24, 2.45) is 11.5 Å². The molecule has 58 valence electrons. The van der Waals surface area contributed by atoms with Gasteiger partial charge in [0, 0.05) is 14.1 Å². The monoisotopic (exact) mass is 144 g/mol. The van der Waals surface area contributed by atoms with E-state index in [-0.39, 0.29) is 11.5 Å². The summed E-state index contributed by atoms with van der Waals surface area (Å²) < 4.78 is 0. The number of likely N-dealkylation sites (N-methyl/N-ethyl adjacent to an activating group) is 1. The van der Waals surface area contributed by atoms with Crippen LogP contribution in [-0.2, 0) is 4.79 Å². The van der Waals surface area contributed by atoms with Crippen LogP contribution in [0.5, 0.6) is 0 Å². The van der Waals surface area contributed by atoms with Crippen LogP contribution < -0.4 is 22.1 Å². The van der Waals surface area contributed by atoms with Crippen LogP contribution in [0.2, 0.25) is 0 Å². The van der Waals surface area contributed by atoms with E-state index in [9.17, 15) is 4.79 Å². The lowest BCUT2D eigenvalue weighted by Gasteiger charge is -2.06. The number of hydrogen-bond acceptors (Lipinski definition) is 4. The van der Waals surface area contributed by atoms with Gasteiger partial charge in [-0.15, -0.1) is 0 Å². The quantitative estimate of drug-likeness (QED) is 0.346. The molecule has 0 aliphatic heterocycles. The summed E-state index contributed by atoms with van der Waals surface area (Å²) in [7, 11) is 3.18. The van der Waals surface area contributed by atoms with Gasteiger partial charge < -0.3 is 22.1 Å². The second-order valence-corrected chi connectivity index (χ2v) is 1.65. The van der Waals surface area contributed by atoms with E-state index in [0.717, 1.165) is 0 Å². The largest absolute Gasteiger partial charge is 0.384 e. The molecule has 10 heavy (non-hydrogen) atoms. The number of carbonyl (C=O) groups excluding carboxylic acids is 1. The molecule has 0 saturated heterocycles. The second kappa shape index (κ2) is 3.60. The molecular formula is C5H12N4O. The zero-order chi connectivity index (χ0) is 8.15. The van der Waals surface area contributed by atoms with Crippen molar-refractivity contribution in [2.45, 2.75) is 0 Å². The van der Waals surface area contributed by atoms with E-state index >= 15 is 0 Å². The van der Waals surface area contributed by atoms with Crippen molar-refractivity contribution in [3.63, 3.8) is 0 Å². The fourth-order valence-corrected chi connectivity index (χ4v) is 0.516. The fraction of sp³-hybridized carbons (Fsp3) is 0.400.